The maximum atomic E-state index is 13.1. The number of hydrogen-bond acceptors (Lipinski definition) is 5. The fourth-order valence-corrected chi connectivity index (χ4v) is 3.69. The lowest BCUT2D eigenvalue weighted by Crippen LogP contribution is -2.51. The summed E-state index contributed by atoms with van der Waals surface area (Å²) in [5.41, 5.74) is 2.33. The summed E-state index contributed by atoms with van der Waals surface area (Å²) >= 11 is 0. The van der Waals surface area contributed by atoms with Crippen molar-refractivity contribution in [3.05, 3.63) is 48.8 Å². The number of nitrogens with zero attached hydrogens (tertiary/aromatic N) is 5. The quantitative estimate of drug-likeness (QED) is 0.679. The number of amides is 2. The average molecular weight is 393 g/mol. The Morgan fingerprint density at radius 3 is 2.79 bits per heavy atom. The second-order valence-corrected chi connectivity index (χ2v) is 7.19. The van der Waals surface area contributed by atoms with Gasteiger partial charge in [0.1, 0.15) is 0 Å². The zero-order chi connectivity index (χ0) is 20.5. The van der Waals surface area contributed by atoms with E-state index < -0.39 is 0 Å². The zero-order valence-corrected chi connectivity index (χ0v) is 16.7. The van der Waals surface area contributed by atoms with E-state index in [1.807, 2.05) is 23.9 Å². The third-order valence-corrected chi connectivity index (χ3v) is 4.99. The highest BCUT2D eigenvalue weighted by Gasteiger charge is 2.36. The molecule has 0 aromatic carbocycles. The molecule has 150 valence electrons. The van der Waals surface area contributed by atoms with Crippen molar-refractivity contribution < 1.29 is 14.0 Å². The number of anilines is 2. The number of carbonyl (C=O) groups excluding carboxylic acids is 2. The second kappa shape index (κ2) is 7.54. The van der Waals surface area contributed by atoms with E-state index in [9.17, 15) is 9.59 Å². The van der Waals surface area contributed by atoms with Crippen molar-refractivity contribution in [1.82, 2.24) is 14.8 Å². The molecule has 0 N–H and O–H groups in total. The monoisotopic (exact) mass is 393 g/mol. The molecular weight excluding hydrogens is 370 g/mol. The molecule has 0 aliphatic carbocycles. The SMILES string of the molecule is CCCn1cc(-c2cnc3c(c2)N(C(=O)c2ccco2)C[C@H](C)N3C(C)=O)cn1. The van der Waals surface area contributed by atoms with Crippen LogP contribution < -0.4 is 9.80 Å². The van der Waals surface area contributed by atoms with E-state index in [2.05, 4.69) is 17.0 Å². The molecule has 0 radical (unpaired) electrons. The van der Waals surface area contributed by atoms with Gasteiger partial charge in [0, 0.05) is 43.5 Å². The van der Waals surface area contributed by atoms with Gasteiger partial charge < -0.3 is 9.32 Å². The molecule has 0 bridgehead atoms. The first-order chi connectivity index (χ1) is 14.0. The number of rotatable bonds is 4. The first-order valence-electron chi connectivity index (χ1n) is 9.67. The lowest BCUT2D eigenvalue weighted by atomic mass is 10.1. The van der Waals surface area contributed by atoms with Gasteiger partial charge in [-0.15, -0.1) is 0 Å². The predicted molar refractivity (Wildman–Crippen MR) is 109 cm³/mol. The van der Waals surface area contributed by atoms with Crippen molar-refractivity contribution in [2.45, 2.75) is 39.8 Å². The predicted octanol–water partition coefficient (Wildman–Crippen LogP) is 3.35. The zero-order valence-electron chi connectivity index (χ0n) is 16.7. The molecule has 0 saturated carbocycles. The second-order valence-electron chi connectivity index (χ2n) is 7.19. The van der Waals surface area contributed by atoms with Crippen LogP contribution in [0.4, 0.5) is 11.5 Å². The minimum atomic E-state index is -0.257. The first-order valence-corrected chi connectivity index (χ1v) is 9.67. The fourth-order valence-electron chi connectivity index (χ4n) is 3.69. The summed E-state index contributed by atoms with van der Waals surface area (Å²) in [6.07, 6.45) is 7.92. The van der Waals surface area contributed by atoms with Gasteiger partial charge in [-0.25, -0.2) is 4.98 Å². The van der Waals surface area contributed by atoms with E-state index >= 15 is 0 Å². The molecule has 1 atom stereocenters. The molecule has 0 spiro atoms. The number of fused-ring (bicyclic) bond motifs is 1. The number of hydrogen-bond donors (Lipinski definition) is 0. The highest BCUT2D eigenvalue weighted by Crippen LogP contribution is 2.37. The summed E-state index contributed by atoms with van der Waals surface area (Å²) in [5, 5.41) is 4.37. The Bertz CT molecular complexity index is 1040. The van der Waals surface area contributed by atoms with Crippen molar-refractivity contribution in [1.29, 1.82) is 0 Å². The van der Waals surface area contributed by atoms with Crippen LogP contribution in [0, 0.1) is 0 Å². The van der Waals surface area contributed by atoms with Crippen molar-refractivity contribution in [3.63, 3.8) is 0 Å². The van der Waals surface area contributed by atoms with Crippen molar-refractivity contribution in [3.8, 4) is 11.1 Å². The van der Waals surface area contributed by atoms with Crippen molar-refractivity contribution in [2.24, 2.45) is 0 Å². The van der Waals surface area contributed by atoms with E-state index in [1.165, 1.54) is 13.2 Å². The molecular formula is C21H23N5O3. The summed E-state index contributed by atoms with van der Waals surface area (Å²) < 4.78 is 7.19. The van der Waals surface area contributed by atoms with E-state index in [-0.39, 0.29) is 23.6 Å². The van der Waals surface area contributed by atoms with Gasteiger partial charge in [-0.2, -0.15) is 5.10 Å². The molecule has 0 saturated heterocycles. The molecule has 4 heterocycles. The van der Waals surface area contributed by atoms with Crippen LogP contribution in [-0.4, -0.2) is 39.2 Å². The summed E-state index contributed by atoms with van der Waals surface area (Å²) in [5.74, 6) is 0.355. The van der Waals surface area contributed by atoms with Crippen LogP contribution >= 0.6 is 0 Å². The lowest BCUT2D eigenvalue weighted by molar-refractivity contribution is -0.117. The van der Waals surface area contributed by atoms with Gasteiger partial charge in [0.15, 0.2) is 11.6 Å². The maximum absolute atomic E-state index is 13.1. The number of aromatic nitrogens is 3. The normalized spacial score (nSPS) is 16.0. The summed E-state index contributed by atoms with van der Waals surface area (Å²) in [4.78, 5) is 33.1. The Balaban J connectivity index is 1.80. The molecule has 3 aromatic rings. The lowest BCUT2D eigenvalue weighted by Gasteiger charge is -2.39. The highest BCUT2D eigenvalue weighted by atomic mass is 16.3. The average Bonchev–Trinajstić information content (AvgIpc) is 3.38. The Hall–Kier alpha value is -3.42. The van der Waals surface area contributed by atoms with Gasteiger partial charge in [-0.1, -0.05) is 6.92 Å². The van der Waals surface area contributed by atoms with Crippen LogP contribution in [0.15, 0.2) is 47.5 Å². The molecule has 2 amide bonds. The van der Waals surface area contributed by atoms with E-state index in [1.54, 1.807) is 34.3 Å². The van der Waals surface area contributed by atoms with Crippen LogP contribution in [0.25, 0.3) is 11.1 Å². The summed E-state index contributed by atoms with van der Waals surface area (Å²) in [6, 6.07) is 5.00. The third kappa shape index (κ3) is 3.41. The molecule has 0 unspecified atom stereocenters. The minimum absolute atomic E-state index is 0.111. The molecule has 0 fully saturated rings. The number of carbonyl (C=O) groups is 2. The van der Waals surface area contributed by atoms with E-state index in [4.69, 9.17) is 4.42 Å². The van der Waals surface area contributed by atoms with Gasteiger partial charge in [0.05, 0.1) is 24.2 Å². The van der Waals surface area contributed by atoms with E-state index in [0.717, 1.165) is 24.1 Å². The molecule has 4 rings (SSSR count). The van der Waals surface area contributed by atoms with Gasteiger partial charge in [0.2, 0.25) is 5.91 Å². The molecule has 1 aliphatic rings. The summed E-state index contributed by atoms with van der Waals surface area (Å²) in [6.45, 7) is 6.69. The number of pyridine rings is 1. The minimum Gasteiger partial charge on any atom is -0.459 e. The first kappa shape index (κ1) is 18.9. The van der Waals surface area contributed by atoms with E-state index in [0.29, 0.717) is 18.1 Å². The van der Waals surface area contributed by atoms with Crippen LogP contribution in [0.1, 0.15) is 37.7 Å². The molecule has 8 nitrogen and oxygen atoms in total. The van der Waals surface area contributed by atoms with Gasteiger partial charge in [-0.05, 0) is 31.5 Å². The van der Waals surface area contributed by atoms with Crippen LogP contribution in [0.2, 0.25) is 0 Å². The summed E-state index contributed by atoms with van der Waals surface area (Å²) in [7, 11) is 0. The van der Waals surface area contributed by atoms with Gasteiger partial charge in [0.25, 0.3) is 5.91 Å². The van der Waals surface area contributed by atoms with Crippen LogP contribution in [0.5, 0.6) is 0 Å². The number of furan rings is 1. The molecule has 8 heteroatoms. The largest absolute Gasteiger partial charge is 0.459 e. The third-order valence-electron chi connectivity index (χ3n) is 4.99. The Kier molecular flexibility index (Phi) is 4.92. The standard InChI is InChI=1S/C21H23N5O3/c1-4-7-24-13-17(11-23-24)16-9-18-20(22-10-16)26(15(3)27)14(2)12-25(18)21(28)19-6-5-8-29-19/h5-6,8-11,13-14H,4,7,12H2,1-3H3/t14-/m0/s1. The topological polar surface area (TPSA) is 84.5 Å². The van der Waals surface area contributed by atoms with Crippen molar-refractivity contribution >= 4 is 23.3 Å². The highest BCUT2D eigenvalue weighted by molar-refractivity contribution is 6.09. The van der Waals surface area contributed by atoms with Crippen LogP contribution in [-0.2, 0) is 11.3 Å². The van der Waals surface area contributed by atoms with Gasteiger partial charge >= 0.3 is 0 Å². The van der Waals surface area contributed by atoms with Crippen LogP contribution in [0.3, 0.4) is 0 Å². The fraction of sp³-hybridized carbons (Fsp3) is 0.333. The smallest absolute Gasteiger partial charge is 0.294 e. The maximum Gasteiger partial charge on any atom is 0.294 e. The Labute approximate surface area is 168 Å². The Morgan fingerprint density at radius 1 is 1.28 bits per heavy atom. The number of aryl methyl sites for hydroxylation is 1. The molecule has 1 aliphatic heterocycles. The Morgan fingerprint density at radius 2 is 2.10 bits per heavy atom. The molecule has 3 aromatic heterocycles. The van der Waals surface area contributed by atoms with Gasteiger partial charge in [-0.3, -0.25) is 19.2 Å². The molecule has 29 heavy (non-hydrogen) atoms. The van der Waals surface area contributed by atoms with Crippen molar-refractivity contribution in [2.75, 3.05) is 16.3 Å².